The highest BCUT2D eigenvalue weighted by atomic mass is 32.1. The molecule has 2 heterocycles. The van der Waals surface area contributed by atoms with Gasteiger partial charge in [0.15, 0.2) is 0 Å². The molecule has 0 bridgehead atoms. The third-order valence-corrected chi connectivity index (χ3v) is 4.75. The monoisotopic (exact) mass is 347 g/mol. The lowest BCUT2D eigenvalue weighted by Crippen LogP contribution is -2.38. The van der Waals surface area contributed by atoms with Gasteiger partial charge in [-0.3, -0.25) is 4.79 Å². The fraction of sp³-hybridized carbons (Fsp3) is 0.412. The van der Waals surface area contributed by atoms with Crippen LogP contribution in [0, 0.1) is 0 Å². The first-order valence-electron chi connectivity index (χ1n) is 7.82. The number of thiazole rings is 1. The third kappa shape index (κ3) is 3.62. The van der Waals surface area contributed by atoms with Gasteiger partial charge in [0, 0.05) is 18.5 Å². The molecule has 0 radical (unpaired) electrons. The number of amides is 1. The fourth-order valence-electron chi connectivity index (χ4n) is 2.71. The second-order valence-electron chi connectivity index (χ2n) is 5.73. The van der Waals surface area contributed by atoms with Crippen molar-refractivity contribution in [2.75, 3.05) is 25.6 Å². The average molecular weight is 347 g/mol. The summed E-state index contributed by atoms with van der Waals surface area (Å²) >= 11 is 1.52. The van der Waals surface area contributed by atoms with Gasteiger partial charge in [-0.25, -0.2) is 4.98 Å². The number of nitrogens with one attached hydrogen (secondary N) is 1. The maximum Gasteiger partial charge on any atom is 0.226 e. The number of methoxy groups -OCH3 is 1. The Hall–Kier alpha value is -2.28. The zero-order chi connectivity index (χ0) is 17.1. The average Bonchev–Trinajstić information content (AvgIpc) is 3.01. The van der Waals surface area contributed by atoms with Crippen LogP contribution in [0.3, 0.4) is 0 Å². The van der Waals surface area contributed by atoms with E-state index in [4.69, 9.17) is 9.47 Å². The number of aromatic nitrogens is 1. The predicted molar refractivity (Wildman–Crippen MR) is 94.0 cm³/mol. The van der Waals surface area contributed by atoms with Crippen molar-refractivity contribution in [2.45, 2.75) is 26.0 Å². The molecule has 1 aliphatic heterocycles. The number of hydrogen-bond donors (Lipinski definition) is 1. The fourth-order valence-corrected chi connectivity index (χ4v) is 3.49. The van der Waals surface area contributed by atoms with Crippen LogP contribution in [0.15, 0.2) is 23.6 Å². The smallest absolute Gasteiger partial charge is 0.226 e. The van der Waals surface area contributed by atoms with Gasteiger partial charge in [-0.15, -0.1) is 11.3 Å². The van der Waals surface area contributed by atoms with Crippen molar-refractivity contribution in [3.63, 3.8) is 0 Å². The molecule has 0 spiro atoms. The molecule has 1 atom stereocenters. The standard InChI is InChI=1S/C17H21N3O3S/c1-11-8-20(14-6-13(22-3)4-5-15(14)23-11)9-12-10-24-17(19-12)7-16(21)18-2/h4-6,10-11H,7-9H2,1-3H3,(H,18,21)/t11-/m1/s1. The van der Waals surface area contributed by atoms with Crippen LogP contribution in [0.4, 0.5) is 5.69 Å². The van der Waals surface area contributed by atoms with Gasteiger partial charge in [0.1, 0.15) is 22.6 Å². The zero-order valence-corrected chi connectivity index (χ0v) is 14.9. The second kappa shape index (κ2) is 7.09. The summed E-state index contributed by atoms with van der Waals surface area (Å²) in [6.07, 6.45) is 0.431. The van der Waals surface area contributed by atoms with Crippen molar-refractivity contribution in [1.29, 1.82) is 0 Å². The SMILES string of the molecule is CNC(=O)Cc1nc(CN2C[C@@H](C)Oc3ccc(OC)cc32)cs1. The topological polar surface area (TPSA) is 63.7 Å². The molecule has 7 heteroatoms. The first kappa shape index (κ1) is 16.6. The number of rotatable bonds is 5. The lowest BCUT2D eigenvalue weighted by Gasteiger charge is -2.34. The molecule has 6 nitrogen and oxygen atoms in total. The Morgan fingerprint density at radius 3 is 3.12 bits per heavy atom. The largest absolute Gasteiger partial charge is 0.497 e. The number of nitrogens with zero attached hydrogens (tertiary/aromatic N) is 2. The Kier molecular flexibility index (Phi) is 4.89. The first-order chi connectivity index (χ1) is 11.6. The van der Waals surface area contributed by atoms with E-state index in [-0.39, 0.29) is 12.0 Å². The van der Waals surface area contributed by atoms with Crippen LogP contribution < -0.4 is 19.7 Å². The highest BCUT2D eigenvalue weighted by Crippen LogP contribution is 2.37. The van der Waals surface area contributed by atoms with E-state index in [2.05, 4.69) is 22.1 Å². The Balaban J connectivity index is 1.79. The van der Waals surface area contributed by atoms with Gasteiger partial charge >= 0.3 is 0 Å². The van der Waals surface area contributed by atoms with Crippen LogP contribution in [0.1, 0.15) is 17.6 Å². The van der Waals surface area contributed by atoms with Crippen molar-refractivity contribution in [3.8, 4) is 11.5 Å². The van der Waals surface area contributed by atoms with E-state index in [1.165, 1.54) is 11.3 Å². The van der Waals surface area contributed by atoms with Gasteiger partial charge in [-0.2, -0.15) is 0 Å². The summed E-state index contributed by atoms with van der Waals surface area (Å²) in [6.45, 7) is 3.51. The summed E-state index contributed by atoms with van der Waals surface area (Å²) in [5, 5.41) is 5.46. The molecule has 0 aliphatic carbocycles. The third-order valence-electron chi connectivity index (χ3n) is 3.86. The Labute approximate surface area is 145 Å². The molecule has 0 saturated heterocycles. The summed E-state index contributed by atoms with van der Waals surface area (Å²) in [7, 11) is 3.29. The minimum absolute atomic E-state index is 0.0222. The number of hydrogen-bond acceptors (Lipinski definition) is 6. The van der Waals surface area contributed by atoms with E-state index in [9.17, 15) is 4.79 Å². The highest BCUT2D eigenvalue weighted by Gasteiger charge is 2.24. The van der Waals surface area contributed by atoms with Crippen molar-refractivity contribution in [2.24, 2.45) is 0 Å². The number of likely N-dealkylation sites (N-methyl/N-ethyl adjacent to an activating group) is 1. The lowest BCUT2D eigenvalue weighted by atomic mass is 10.2. The molecule has 0 fully saturated rings. The lowest BCUT2D eigenvalue weighted by molar-refractivity contribution is -0.119. The van der Waals surface area contributed by atoms with Gasteiger partial charge in [-0.05, 0) is 19.1 Å². The molecular formula is C17H21N3O3S. The van der Waals surface area contributed by atoms with Gasteiger partial charge < -0.3 is 19.7 Å². The quantitative estimate of drug-likeness (QED) is 0.899. The molecule has 1 aromatic heterocycles. The second-order valence-corrected chi connectivity index (χ2v) is 6.67. The molecule has 0 saturated carbocycles. The summed E-state index contributed by atoms with van der Waals surface area (Å²) in [5.41, 5.74) is 1.97. The van der Waals surface area contributed by atoms with Crippen LogP contribution >= 0.6 is 11.3 Å². The number of anilines is 1. The summed E-state index contributed by atoms with van der Waals surface area (Å²) in [5.74, 6) is 1.64. The molecule has 2 aromatic rings. The van der Waals surface area contributed by atoms with Crippen molar-refractivity contribution in [3.05, 3.63) is 34.3 Å². The van der Waals surface area contributed by atoms with Crippen LogP contribution in [-0.2, 0) is 17.8 Å². The Morgan fingerprint density at radius 2 is 2.38 bits per heavy atom. The van der Waals surface area contributed by atoms with Crippen LogP contribution in [0.2, 0.25) is 0 Å². The molecular weight excluding hydrogens is 326 g/mol. The van der Waals surface area contributed by atoms with Gasteiger partial charge in [0.2, 0.25) is 5.91 Å². The molecule has 128 valence electrons. The molecule has 24 heavy (non-hydrogen) atoms. The van der Waals surface area contributed by atoms with E-state index < -0.39 is 0 Å². The number of ether oxygens (including phenoxy) is 2. The van der Waals surface area contributed by atoms with E-state index >= 15 is 0 Å². The zero-order valence-electron chi connectivity index (χ0n) is 14.0. The maximum atomic E-state index is 11.5. The number of carbonyl (C=O) groups is 1. The maximum absolute atomic E-state index is 11.5. The number of fused-ring (bicyclic) bond motifs is 1. The minimum atomic E-state index is -0.0222. The summed E-state index contributed by atoms with van der Waals surface area (Å²) < 4.78 is 11.2. The molecule has 3 rings (SSSR count). The van der Waals surface area contributed by atoms with E-state index in [0.717, 1.165) is 34.4 Å². The Morgan fingerprint density at radius 1 is 1.54 bits per heavy atom. The molecule has 1 aliphatic rings. The van der Waals surface area contributed by atoms with Crippen LogP contribution in [-0.4, -0.2) is 37.7 Å². The molecule has 0 unspecified atom stereocenters. The normalized spacial score (nSPS) is 16.3. The Bertz CT molecular complexity index is 732. The van der Waals surface area contributed by atoms with Gasteiger partial charge in [0.25, 0.3) is 0 Å². The number of benzene rings is 1. The van der Waals surface area contributed by atoms with Crippen LogP contribution in [0.25, 0.3) is 0 Å². The van der Waals surface area contributed by atoms with Crippen molar-refractivity contribution < 1.29 is 14.3 Å². The van der Waals surface area contributed by atoms with E-state index in [1.54, 1.807) is 14.2 Å². The number of carbonyl (C=O) groups excluding carboxylic acids is 1. The molecule has 1 N–H and O–H groups in total. The first-order valence-corrected chi connectivity index (χ1v) is 8.70. The minimum Gasteiger partial charge on any atom is -0.497 e. The highest BCUT2D eigenvalue weighted by molar-refractivity contribution is 7.09. The van der Waals surface area contributed by atoms with E-state index in [0.29, 0.717) is 13.0 Å². The van der Waals surface area contributed by atoms with Crippen LogP contribution in [0.5, 0.6) is 11.5 Å². The summed E-state index contributed by atoms with van der Waals surface area (Å²) in [4.78, 5) is 18.3. The predicted octanol–water partition coefficient (Wildman–Crippen LogP) is 2.23. The summed E-state index contributed by atoms with van der Waals surface area (Å²) in [6, 6.07) is 5.83. The van der Waals surface area contributed by atoms with Gasteiger partial charge in [0.05, 0.1) is 38.0 Å². The van der Waals surface area contributed by atoms with Crippen molar-refractivity contribution in [1.82, 2.24) is 10.3 Å². The van der Waals surface area contributed by atoms with Crippen molar-refractivity contribution >= 4 is 22.9 Å². The molecule has 1 aromatic carbocycles. The van der Waals surface area contributed by atoms with E-state index in [1.807, 2.05) is 23.6 Å². The molecule has 1 amide bonds. The van der Waals surface area contributed by atoms with Gasteiger partial charge in [-0.1, -0.05) is 0 Å².